The fourth-order valence-corrected chi connectivity index (χ4v) is 2.37. The van der Waals surface area contributed by atoms with E-state index in [9.17, 15) is 43.2 Å². The first kappa shape index (κ1) is 73.3. The van der Waals surface area contributed by atoms with E-state index >= 15 is 0 Å². The Labute approximate surface area is 338 Å². The Hall–Kier alpha value is -4.81. The molecule has 19 nitrogen and oxygen atoms in total. The van der Waals surface area contributed by atoms with Gasteiger partial charge < -0.3 is 51.1 Å². The van der Waals surface area contributed by atoms with Gasteiger partial charge in [0, 0.05) is 58.0 Å². The monoisotopic (exact) mass is 836 g/mol. The number of aliphatic hydroxyl groups excluding tert-OH is 1. The van der Waals surface area contributed by atoms with Crippen molar-refractivity contribution in [2.75, 3.05) is 6.61 Å². The largest absolute Gasteiger partial charge is 0.481 e. The van der Waals surface area contributed by atoms with Crippen LogP contribution in [-0.4, -0.2) is 111 Å². The molecule has 0 radical (unpaired) electrons. The molecule has 0 aromatic rings. The molecule has 1 atom stereocenters. The molecule has 0 aliphatic heterocycles. The van der Waals surface area contributed by atoms with Crippen LogP contribution in [0.4, 0.5) is 0 Å². The highest BCUT2D eigenvalue weighted by Gasteiger charge is 2.12. The van der Waals surface area contributed by atoms with E-state index in [1.807, 2.05) is 55.4 Å². The Morgan fingerprint density at radius 1 is 0.316 bits per heavy atom. The van der Waals surface area contributed by atoms with Crippen molar-refractivity contribution in [3.8, 4) is 0 Å². The van der Waals surface area contributed by atoms with Gasteiger partial charge >= 0.3 is 53.7 Å². The van der Waals surface area contributed by atoms with Crippen molar-refractivity contribution in [2.45, 2.75) is 178 Å². The van der Waals surface area contributed by atoms with E-state index < -0.39 is 53.7 Å². The van der Waals surface area contributed by atoms with Crippen molar-refractivity contribution in [3.05, 3.63) is 0 Å². The SMILES string of the molecule is CCC(CCO)C(=O)O.CCCC(=O)O.CCCC(=O)O.CCCC(=O)O.CCCC(=O)O.CCCC(=O)O.CCCC(=O)O.CCCC(=O)O.CCCC(=O)O. The van der Waals surface area contributed by atoms with Crippen molar-refractivity contribution >= 4 is 53.7 Å². The van der Waals surface area contributed by atoms with Gasteiger partial charge in [-0.3, -0.25) is 43.2 Å². The Kier molecular flexibility index (Phi) is 84.9. The number of aliphatic carboxylic acids is 9. The number of aliphatic hydroxyl groups is 1. The van der Waals surface area contributed by atoms with E-state index in [4.69, 9.17) is 51.1 Å². The maximum Gasteiger partial charge on any atom is 0.306 e. The van der Waals surface area contributed by atoms with Crippen LogP contribution in [0.3, 0.4) is 0 Å². The molecule has 0 bridgehead atoms. The van der Waals surface area contributed by atoms with Gasteiger partial charge in [0.25, 0.3) is 0 Å². The third kappa shape index (κ3) is 156. The van der Waals surface area contributed by atoms with Gasteiger partial charge in [-0.15, -0.1) is 0 Å². The third-order valence-electron chi connectivity index (χ3n) is 5.03. The molecule has 0 aromatic heterocycles. The maximum absolute atomic E-state index is 10.2. The highest BCUT2D eigenvalue weighted by Crippen LogP contribution is 2.06. The quantitative estimate of drug-likeness (QED) is 0.0569. The third-order valence-corrected chi connectivity index (χ3v) is 5.03. The summed E-state index contributed by atoms with van der Waals surface area (Å²) >= 11 is 0. The zero-order chi connectivity index (χ0) is 47.2. The molecule has 0 aliphatic rings. The number of carbonyl (C=O) groups is 9. The lowest BCUT2D eigenvalue weighted by Crippen LogP contribution is -2.13. The predicted octanol–water partition coefficient (Wildman–Crippen LogP) is 7.45. The molecular formula is C38H76O19. The van der Waals surface area contributed by atoms with Crippen molar-refractivity contribution in [2.24, 2.45) is 5.92 Å². The van der Waals surface area contributed by atoms with Crippen LogP contribution in [0.25, 0.3) is 0 Å². The molecule has 0 fully saturated rings. The average Bonchev–Trinajstić information content (AvgIpc) is 3.05. The van der Waals surface area contributed by atoms with E-state index in [-0.39, 0.29) is 12.5 Å². The van der Waals surface area contributed by atoms with Gasteiger partial charge in [-0.25, -0.2) is 0 Å². The van der Waals surface area contributed by atoms with Gasteiger partial charge in [0.15, 0.2) is 0 Å². The summed E-state index contributed by atoms with van der Waals surface area (Å²) in [6.07, 6.45) is 9.15. The normalized spacial score (nSPS) is 8.95. The summed E-state index contributed by atoms with van der Waals surface area (Å²) < 4.78 is 0. The molecule has 0 spiro atoms. The van der Waals surface area contributed by atoms with Crippen LogP contribution in [0.1, 0.15) is 178 Å². The molecule has 0 amide bonds. The van der Waals surface area contributed by atoms with Crippen molar-refractivity contribution in [1.29, 1.82) is 0 Å². The summed E-state index contributed by atoms with van der Waals surface area (Å²) in [5, 5.41) is 80.1. The fraction of sp³-hybridized carbons (Fsp3) is 0.763. The number of rotatable bonds is 20. The van der Waals surface area contributed by atoms with Crippen LogP contribution in [0, 0.1) is 5.92 Å². The van der Waals surface area contributed by atoms with E-state index in [0.29, 0.717) is 64.2 Å². The number of carboxylic acids is 9. The highest BCUT2D eigenvalue weighted by atomic mass is 16.4. The Morgan fingerprint density at radius 2 is 0.456 bits per heavy atom. The molecular weight excluding hydrogens is 760 g/mol. The van der Waals surface area contributed by atoms with Crippen molar-refractivity contribution in [1.82, 2.24) is 0 Å². The summed E-state index contributed by atoms with van der Waals surface area (Å²) in [5.74, 6) is -6.86. The fourth-order valence-electron chi connectivity index (χ4n) is 2.37. The number of hydrogen-bond donors (Lipinski definition) is 10. The van der Waals surface area contributed by atoms with Gasteiger partial charge in [0.1, 0.15) is 0 Å². The first-order valence-corrected chi connectivity index (χ1v) is 19.0. The highest BCUT2D eigenvalue weighted by molar-refractivity contribution is 5.70. The van der Waals surface area contributed by atoms with Gasteiger partial charge in [0.05, 0.1) is 5.92 Å². The second-order valence-electron chi connectivity index (χ2n) is 11.1. The average molecular weight is 837 g/mol. The molecule has 57 heavy (non-hydrogen) atoms. The minimum absolute atomic E-state index is 0.0369. The van der Waals surface area contributed by atoms with Crippen LogP contribution < -0.4 is 0 Å². The van der Waals surface area contributed by atoms with E-state index in [1.165, 1.54) is 0 Å². The maximum atomic E-state index is 10.2. The molecule has 1 unspecified atom stereocenters. The first-order valence-electron chi connectivity index (χ1n) is 19.0. The van der Waals surface area contributed by atoms with Crippen LogP contribution in [0.15, 0.2) is 0 Å². The molecule has 0 rings (SSSR count). The lowest BCUT2D eigenvalue weighted by Gasteiger charge is -2.04. The zero-order valence-corrected chi connectivity index (χ0v) is 35.7. The van der Waals surface area contributed by atoms with E-state index in [1.54, 1.807) is 6.92 Å². The van der Waals surface area contributed by atoms with Gasteiger partial charge in [0.2, 0.25) is 0 Å². The molecule has 10 N–H and O–H groups in total. The molecule has 19 heteroatoms. The van der Waals surface area contributed by atoms with Crippen LogP contribution in [0.2, 0.25) is 0 Å². The van der Waals surface area contributed by atoms with Gasteiger partial charge in [-0.1, -0.05) is 62.3 Å². The lowest BCUT2D eigenvalue weighted by molar-refractivity contribution is -0.143. The van der Waals surface area contributed by atoms with Crippen molar-refractivity contribution in [3.63, 3.8) is 0 Å². The molecule has 0 saturated heterocycles. The Balaban J connectivity index is -0.0000000652. The Morgan fingerprint density at radius 3 is 0.474 bits per heavy atom. The molecule has 0 aromatic carbocycles. The van der Waals surface area contributed by atoms with Crippen molar-refractivity contribution < 1.29 is 94.2 Å². The Bertz CT molecular complexity index is 774. The smallest absolute Gasteiger partial charge is 0.306 e. The second-order valence-corrected chi connectivity index (χ2v) is 11.1. The van der Waals surface area contributed by atoms with Crippen LogP contribution in [-0.2, 0) is 43.2 Å². The first-order chi connectivity index (χ1) is 26.4. The minimum Gasteiger partial charge on any atom is -0.481 e. The molecule has 0 saturated carbocycles. The molecule has 0 heterocycles. The molecule has 342 valence electrons. The second kappa shape index (κ2) is 66.0. The van der Waals surface area contributed by atoms with Gasteiger partial charge in [-0.2, -0.15) is 0 Å². The topological polar surface area (TPSA) is 356 Å². The standard InChI is InChI=1S/C6H12O3.8C4H8O2/c1-2-5(3-4-7)6(8)9;8*1-2-3-4(5)6/h5,7H,2-4H2,1H3,(H,8,9);8*2-3H2,1H3,(H,5,6). The van der Waals surface area contributed by atoms with E-state index in [2.05, 4.69) is 0 Å². The number of hydrogen-bond acceptors (Lipinski definition) is 10. The summed E-state index contributed by atoms with van der Waals surface area (Å²) in [4.78, 5) is 87.0. The van der Waals surface area contributed by atoms with E-state index in [0.717, 1.165) is 51.4 Å². The summed E-state index contributed by atoms with van der Waals surface area (Å²) in [6.45, 7) is 16.5. The summed E-state index contributed by atoms with van der Waals surface area (Å²) in [5.41, 5.74) is 0. The van der Waals surface area contributed by atoms with Crippen LogP contribution in [0.5, 0.6) is 0 Å². The molecule has 0 aliphatic carbocycles. The van der Waals surface area contributed by atoms with Crippen LogP contribution >= 0.6 is 0 Å². The minimum atomic E-state index is -0.813. The summed E-state index contributed by atoms with van der Waals surface area (Å²) in [6, 6.07) is 0. The summed E-state index contributed by atoms with van der Waals surface area (Å²) in [7, 11) is 0. The zero-order valence-electron chi connectivity index (χ0n) is 35.7. The predicted molar refractivity (Wildman–Crippen MR) is 213 cm³/mol. The van der Waals surface area contributed by atoms with Gasteiger partial charge in [-0.05, 0) is 64.2 Å². The number of carboxylic acid groups (broad SMARTS) is 9. The lowest BCUT2D eigenvalue weighted by atomic mass is 10.0.